The first-order valence-electron chi connectivity index (χ1n) is 26.5. The summed E-state index contributed by atoms with van der Waals surface area (Å²) in [5.74, 6) is 1.92. The predicted octanol–water partition coefficient (Wildman–Crippen LogP) is 17.0. The molecule has 15 rings (SSSR count). The van der Waals surface area contributed by atoms with Crippen molar-refractivity contribution in [2.75, 3.05) is 0 Å². The Labute approximate surface area is 471 Å². The fraction of sp³-hybridized carbons (Fsp3) is 0.0704. The Morgan fingerprint density at radius 2 is 1.09 bits per heavy atom. The number of aryl methyl sites for hydroxylation is 1. The molecule has 0 fully saturated rings. The molecule has 8 heteroatoms. The minimum atomic E-state index is -0.127. The number of nitrogens with zero attached hydrogens (tertiary/aromatic N) is 6. The molecular weight excluding hydrogens is 1150 g/mol. The van der Waals surface area contributed by atoms with Gasteiger partial charge in [0.1, 0.15) is 5.82 Å². The van der Waals surface area contributed by atoms with E-state index in [1.807, 2.05) is 18.3 Å². The van der Waals surface area contributed by atoms with Crippen molar-refractivity contribution in [3.8, 4) is 56.6 Å². The van der Waals surface area contributed by atoms with Gasteiger partial charge in [0, 0.05) is 78.6 Å². The van der Waals surface area contributed by atoms with Crippen molar-refractivity contribution in [1.82, 2.24) is 23.3 Å². The predicted molar refractivity (Wildman–Crippen MR) is 318 cm³/mol. The van der Waals surface area contributed by atoms with Crippen LogP contribution in [0.25, 0.3) is 122 Å². The number of para-hydroxylation sites is 6. The summed E-state index contributed by atoms with van der Waals surface area (Å²) in [4.78, 5) is 5.21. The van der Waals surface area contributed by atoms with Crippen LogP contribution in [-0.4, -0.2) is 23.3 Å². The first-order chi connectivity index (χ1) is 38.3. The van der Waals surface area contributed by atoms with E-state index in [9.17, 15) is 0 Å². The third-order valence-electron chi connectivity index (χ3n) is 15.6. The molecule has 79 heavy (non-hydrogen) atoms. The van der Waals surface area contributed by atoms with Crippen LogP contribution in [-0.2, 0) is 33.5 Å². The number of fused-ring (bicyclic) bond motifs is 13. The van der Waals surface area contributed by atoms with Crippen LogP contribution in [0, 0.1) is 18.5 Å². The van der Waals surface area contributed by atoms with E-state index in [0.29, 0.717) is 11.5 Å². The minimum absolute atomic E-state index is 0. The average molecular weight is 1200 g/mol. The zero-order valence-corrected chi connectivity index (χ0v) is 46.1. The smallest absolute Gasteiger partial charge is 0.268 e. The Bertz CT molecular complexity index is 4810. The molecule has 0 saturated heterocycles. The first kappa shape index (κ1) is 48.1. The molecule has 0 atom stereocenters. The van der Waals surface area contributed by atoms with Crippen molar-refractivity contribution >= 4 is 76.5 Å². The molecule has 382 valence electrons. The number of rotatable bonds is 8. The summed E-state index contributed by atoms with van der Waals surface area (Å²) in [5, 5.41) is 6.92. The van der Waals surface area contributed by atoms with Crippen molar-refractivity contribution in [2.24, 2.45) is 7.05 Å². The SMILES string of the molecule is Cn1c2ccccc2c2c1c1c(c3ccc(Oc4[c-]c(-[n+]5[c-]n(-c6c(-c7ccccc7)cccc6-c6ccccc6)c6ccccc65)ccc4)[c-]c3n1-c1cc(C(C)(C)C)ccn1)c1c3ccccc3n(-c3ccccc3)c12.[Pt]. The van der Waals surface area contributed by atoms with E-state index in [0.717, 1.165) is 94.5 Å². The first-order valence-corrected chi connectivity index (χ1v) is 26.5. The molecule has 15 aromatic rings. The van der Waals surface area contributed by atoms with E-state index in [-0.39, 0.29) is 26.5 Å². The third-order valence-corrected chi connectivity index (χ3v) is 15.6. The summed E-state index contributed by atoms with van der Waals surface area (Å²) in [7, 11) is 2.20. The second-order valence-electron chi connectivity index (χ2n) is 21.2. The zero-order valence-electron chi connectivity index (χ0n) is 43.8. The van der Waals surface area contributed by atoms with Crippen molar-refractivity contribution in [3.05, 3.63) is 255 Å². The van der Waals surface area contributed by atoms with Gasteiger partial charge in [0.2, 0.25) is 0 Å². The molecule has 0 aliphatic rings. The summed E-state index contributed by atoms with van der Waals surface area (Å²) in [6.45, 7) is 6.76. The molecule has 0 spiro atoms. The molecule has 0 unspecified atom stereocenters. The number of imidazole rings is 1. The fourth-order valence-corrected chi connectivity index (χ4v) is 12.1. The number of hydrogen-bond donors (Lipinski definition) is 0. The van der Waals surface area contributed by atoms with Crippen molar-refractivity contribution in [2.45, 2.75) is 26.2 Å². The van der Waals surface area contributed by atoms with E-state index in [1.54, 1.807) is 0 Å². The van der Waals surface area contributed by atoms with Crippen LogP contribution in [0.2, 0.25) is 0 Å². The van der Waals surface area contributed by atoms with Gasteiger partial charge >= 0.3 is 0 Å². The number of hydrogen-bond acceptors (Lipinski definition) is 2. The Balaban J connectivity index is 0.00000564. The van der Waals surface area contributed by atoms with Crippen LogP contribution in [0.1, 0.15) is 26.3 Å². The zero-order chi connectivity index (χ0) is 52.2. The second kappa shape index (κ2) is 18.7. The van der Waals surface area contributed by atoms with Crippen molar-refractivity contribution < 1.29 is 30.4 Å². The molecule has 0 aliphatic heterocycles. The van der Waals surface area contributed by atoms with Crippen LogP contribution < -0.4 is 9.30 Å². The number of ether oxygens (including phenoxy) is 1. The van der Waals surface area contributed by atoms with Gasteiger partial charge in [-0.15, -0.1) is 29.7 Å². The van der Waals surface area contributed by atoms with E-state index in [2.05, 4.69) is 281 Å². The number of benzene rings is 10. The molecular formula is C71H50N6OPt-2. The molecule has 7 nitrogen and oxygen atoms in total. The van der Waals surface area contributed by atoms with Gasteiger partial charge < -0.3 is 23.0 Å². The van der Waals surface area contributed by atoms with Crippen LogP contribution in [0.5, 0.6) is 11.5 Å². The van der Waals surface area contributed by atoms with Crippen molar-refractivity contribution in [3.63, 3.8) is 0 Å². The van der Waals surface area contributed by atoms with Crippen LogP contribution in [0.3, 0.4) is 0 Å². The summed E-state index contributed by atoms with van der Waals surface area (Å²) in [6, 6.07) is 86.8. The topological polar surface area (TPSA) is 45.7 Å². The largest absolute Gasteiger partial charge is 0.510 e. The monoisotopic (exact) mass is 1200 g/mol. The maximum atomic E-state index is 6.96. The molecule has 5 heterocycles. The minimum Gasteiger partial charge on any atom is -0.510 e. The summed E-state index contributed by atoms with van der Waals surface area (Å²) in [5.41, 5.74) is 17.0. The van der Waals surface area contributed by atoms with E-state index < -0.39 is 0 Å². The van der Waals surface area contributed by atoms with Crippen LogP contribution in [0.15, 0.2) is 231 Å². The Morgan fingerprint density at radius 3 is 1.80 bits per heavy atom. The third kappa shape index (κ3) is 7.59. The van der Waals surface area contributed by atoms with Gasteiger partial charge in [-0.05, 0) is 80.7 Å². The standard InChI is InChI=1S/C71H50N6O.Pt/c1-71(2,3)48-40-41-72-63(42-48)77-62-44-52(38-39-57(62)65-64-56-31-15-17-35-59(56)76(49-26-12-7-13-27-49)68(64)66-55-30-14-16-34-58(55)73(4)69(66)70(65)77)78-51-29-20-28-50(43-51)74-45-75(61-37-19-18-36-60(61)74)67-53(46-22-8-5-9-23-46)32-21-33-54(67)47-24-10-6-11-25-47;/h5-42H,1-4H3;/q-2;. The van der Waals surface area contributed by atoms with Gasteiger partial charge in [0.05, 0.1) is 38.8 Å². The molecule has 0 bridgehead atoms. The molecule has 5 aromatic heterocycles. The fourth-order valence-electron chi connectivity index (χ4n) is 12.1. The Kier molecular flexibility index (Phi) is 11.4. The molecule has 0 saturated carbocycles. The molecule has 0 aliphatic carbocycles. The van der Waals surface area contributed by atoms with Crippen LogP contribution in [0.4, 0.5) is 0 Å². The molecule has 10 aromatic carbocycles. The van der Waals surface area contributed by atoms with Gasteiger partial charge in [-0.3, -0.25) is 4.57 Å². The quantitative estimate of drug-likeness (QED) is 0.112. The summed E-state index contributed by atoms with van der Waals surface area (Å²) < 4.78 is 18.4. The normalized spacial score (nSPS) is 11.9. The Hall–Kier alpha value is -9.29. The number of pyridine rings is 1. The maximum absolute atomic E-state index is 6.96. The average Bonchev–Trinajstić information content (AvgIpc) is 3.12. The summed E-state index contributed by atoms with van der Waals surface area (Å²) in [6.07, 6.45) is 5.75. The van der Waals surface area contributed by atoms with Gasteiger partial charge in [-0.25, -0.2) is 4.98 Å². The van der Waals surface area contributed by atoms with Gasteiger partial charge in [-0.2, -0.15) is 18.2 Å². The molecule has 0 N–H and O–H groups in total. The number of aromatic nitrogens is 6. The van der Waals surface area contributed by atoms with E-state index >= 15 is 0 Å². The van der Waals surface area contributed by atoms with Gasteiger partial charge in [0.15, 0.2) is 0 Å². The summed E-state index contributed by atoms with van der Waals surface area (Å²) >= 11 is 0. The maximum Gasteiger partial charge on any atom is 0.268 e. The molecule has 0 radical (unpaired) electrons. The van der Waals surface area contributed by atoms with E-state index in [4.69, 9.17) is 9.72 Å². The van der Waals surface area contributed by atoms with Gasteiger partial charge in [-0.1, -0.05) is 184 Å². The second-order valence-corrected chi connectivity index (χ2v) is 21.2. The van der Waals surface area contributed by atoms with Crippen molar-refractivity contribution in [1.29, 1.82) is 0 Å². The molecule has 0 amide bonds. The van der Waals surface area contributed by atoms with Gasteiger partial charge in [0.25, 0.3) is 6.33 Å². The van der Waals surface area contributed by atoms with E-state index in [1.165, 1.54) is 32.6 Å². The Morgan fingerprint density at radius 1 is 0.494 bits per heavy atom. The van der Waals surface area contributed by atoms with Crippen LogP contribution >= 0.6 is 0 Å².